The van der Waals surface area contributed by atoms with Gasteiger partial charge in [0.25, 0.3) is 0 Å². The van der Waals surface area contributed by atoms with Crippen LogP contribution in [0, 0.1) is 6.92 Å². The Bertz CT molecular complexity index is 436. The van der Waals surface area contributed by atoms with Crippen molar-refractivity contribution in [1.29, 1.82) is 0 Å². The number of hydrogen-bond donors (Lipinski definition) is 0. The summed E-state index contributed by atoms with van der Waals surface area (Å²) in [4.78, 5) is 8.48. The van der Waals surface area contributed by atoms with Crippen LogP contribution in [0.1, 0.15) is 38.8 Å². The lowest BCUT2D eigenvalue weighted by atomic mass is 10.1. The lowest BCUT2D eigenvalue weighted by Crippen LogP contribution is -1.89. The first-order valence-electron chi connectivity index (χ1n) is 6.62. The Morgan fingerprint density at radius 3 is 2.00 bits per heavy atom. The van der Waals surface area contributed by atoms with Crippen molar-refractivity contribution < 1.29 is 0 Å². The molecule has 2 heteroatoms. The molecule has 0 aliphatic rings. The van der Waals surface area contributed by atoms with Crippen LogP contribution in [0.25, 0.3) is 11.3 Å². The maximum absolute atomic E-state index is 4.29. The number of benzene rings is 1. The van der Waals surface area contributed by atoms with Gasteiger partial charge < -0.3 is 0 Å². The summed E-state index contributed by atoms with van der Waals surface area (Å²) in [6.45, 7) is 6.39. The van der Waals surface area contributed by atoms with Gasteiger partial charge in [0, 0.05) is 18.0 Å². The van der Waals surface area contributed by atoms with Gasteiger partial charge in [-0.3, -0.25) is 9.97 Å². The summed E-state index contributed by atoms with van der Waals surface area (Å²) in [5.41, 5.74) is 3.05. The molecule has 1 heterocycles. The molecule has 0 fully saturated rings. The average molecular weight is 242 g/mol. The van der Waals surface area contributed by atoms with Gasteiger partial charge in [0.2, 0.25) is 0 Å². The zero-order valence-corrected chi connectivity index (χ0v) is 11.6. The largest absolute Gasteiger partial charge is 0.258 e. The van der Waals surface area contributed by atoms with E-state index in [0.29, 0.717) is 0 Å². The van der Waals surface area contributed by atoms with Gasteiger partial charge in [-0.2, -0.15) is 0 Å². The molecule has 0 saturated carbocycles. The van der Waals surface area contributed by atoms with Gasteiger partial charge in [-0.15, -0.1) is 0 Å². The Balaban J connectivity index is 0.000000280. The molecule has 0 amide bonds. The fraction of sp³-hybridized carbons (Fsp3) is 0.375. The number of aryl methyl sites for hydroxylation is 1. The van der Waals surface area contributed by atoms with Crippen LogP contribution in [0.2, 0.25) is 0 Å². The van der Waals surface area contributed by atoms with E-state index in [1.54, 1.807) is 12.4 Å². The molecule has 2 rings (SSSR count). The summed E-state index contributed by atoms with van der Waals surface area (Å²) < 4.78 is 0. The summed E-state index contributed by atoms with van der Waals surface area (Å²) in [6, 6.07) is 10.1. The van der Waals surface area contributed by atoms with Crippen LogP contribution < -0.4 is 0 Å². The van der Waals surface area contributed by atoms with Crippen molar-refractivity contribution >= 4 is 0 Å². The molecule has 18 heavy (non-hydrogen) atoms. The topological polar surface area (TPSA) is 25.8 Å². The van der Waals surface area contributed by atoms with E-state index in [0.717, 1.165) is 17.0 Å². The summed E-state index contributed by atoms with van der Waals surface area (Å²) in [7, 11) is 0. The van der Waals surface area contributed by atoms with E-state index in [-0.39, 0.29) is 0 Å². The molecular weight excluding hydrogens is 220 g/mol. The van der Waals surface area contributed by atoms with E-state index < -0.39 is 0 Å². The molecule has 1 aromatic carbocycles. The van der Waals surface area contributed by atoms with Crippen molar-refractivity contribution in [2.45, 2.75) is 40.0 Å². The second-order valence-electron chi connectivity index (χ2n) is 4.21. The lowest BCUT2D eigenvalue weighted by Gasteiger charge is -2.01. The van der Waals surface area contributed by atoms with Crippen LogP contribution in [-0.4, -0.2) is 9.97 Å². The zero-order valence-electron chi connectivity index (χ0n) is 11.6. The predicted molar refractivity (Wildman–Crippen MR) is 77.4 cm³/mol. The second kappa shape index (κ2) is 8.40. The van der Waals surface area contributed by atoms with Gasteiger partial charge in [-0.25, -0.2) is 0 Å². The first-order valence-corrected chi connectivity index (χ1v) is 6.62. The highest BCUT2D eigenvalue weighted by Crippen LogP contribution is 2.17. The molecule has 0 atom stereocenters. The number of aromatic nitrogens is 2. The lowest BCUT2D eigenvalue weighted by molar-refractivity contribution is 0.772. The van der Waals surface area contributed by atoms with E-state index in [1.165, 1.54) is 19.3 Å². The fourth-order valence-electron chi connectivity index (χ4n) is 1.64. The summed E-state index contributed by atoms with van der Waals surface area (Å²) in [5.74, 6) is 0. The van der Waals surface area contributed by atoms with Crippen LogP contribution in [0.15, 0.2) is 42.7 Å². The molecule has 0 aliphatic heterocycles. The van der Waals surface area contributed by atoms with Crippen LogP contribution >= 0.6 is 0 Å². The number of hydrogen-bond acceptors (Lipinski definition) is 2. The van der Waals surface area contributed by atoms with Crippen molar-refractivity contribution in [3.05, 3.63) is 48.4 Å². The molecule has 0 N–H and O–H groups in total. The average Bonchev–Trinajstić information content (AvgIpc) is 2.42. The summed E-state index contributed by atoms with van der Waals surface area (Å²) >= 11 is 0. The molecule has 0 unspecified atom stereocenters. The monoisotopic (exact) mass is 242 g/mol. The third-order valence-corrected chi connectivity index (χ3v) is 2.64. The second-order valence-corrected chi connectivity index (χ2v) is 4.21. The molecule has 0 bridgehead atoms. The molecule has 1 aromatic heterocycles. The SMILES string of the molecule is CCCCC.Cc1nccnc1-c1ccccc1. The Labute approximate surface area is 110 Å². The third kappa shape index (κ3) is 4.66. The van der Waals surface area contributed by atoms with Gasteiger partial charge in [0.1, 0.15) is 0 Å². The maximum atomic E-state index is 4.29. The Hall–Kier alpha value is -1.70. The van der Waals surface area contributed by atoms with E-state index >= 15 is 0 Å². The molecule has 96 valence electrons. The highest BCUT2D eigenvalue weighted by Gasteiger charge is 2.01. The van der Waals surface area contributed by atoms with Crippen molar-refractivity contribution in [2.75, 3.05) is 0 Å². The highest BCUT2D eigenvalue weighted by molar-refractivity contribution is 5.60. The standard InChI is InChI=1S/C11H10N2.C5H12/c1-9-11(13-8-7-12-9)10-5-3-2-4-6-10;1-3-5-4-2/h2-8H,1H3;3-5H2,1-2H3. The van der Waals surface area contributed by atoms with Gasteiger partial charge in [-0.05, 0) is 6.92 Å². The molecule has 0 spiro atoms. The molecule has 2 nitrogen and oxygen atoms in total. The van der Waals surface area contributed by atoms with Gasteiger partial charge in [0.05, 0.1) is 11.4 Å². The van der Waals surface area contributed by atoms with E-state index in [4.69, 9.17) is 0 Å². The smallest absolute Gasteiger partial charge is 0.0914 e. The van der Waals surface area contributed by atoms with Crippen LogP contribution in [0.5, 0.6) is 0 Å². The van der Waals surface area contributed by atoms with Crippen LogP contribution in [-0.2, 0) is 0 Å². The number of unbranched alkanes of at least 4 members (excludes halogenated alkanes) is 2. The first kappa shape index (κ1) is 14.4. The highest BCUT2D eigenvalue weighted by atomic mass is 14.8. The normalized spacial score (nSPS) is 9.50. The molecule has 2 aromatic rings. The predicted octanol–water partition coefficient (Wildman–Crippen LogP) is 4.65. The minimum Gasteiger partial charge on any atom is -0.258 e. The Kier molecular flexibility index (Phi) is 6.70. The third-order valence-electron chi connectivity index (χ3n) is 2.64. The minimum atomic E-state index is 0.961. The fourth-order valence-corrected chi connectivity index (χ4v) is 1.64. The molecule has 0 aliphatic carbocycles. The molecular formula is C16H22N2. The quantitative estimate of drug-likeness (QED) is 0.783. The molecule has 0 radical (unpaired) electrons. The summed E-state index contributed by atoms with van der Waals surface area (Å²) in [6.07, 6.45) is 7.50. The maximum Gasteiger partial charge on any atom is 0.0914 e. The van der Waals surface area contributed by atoms with Crippen molar-refractivity contribution in [3.8, 4) is 11.3 Å². The zero-order chi connectivity index (χ0) is 13.2. The Morgan fingerprint density at radius 2 is 1.50 bits per heavy atom. The van der Waals surface area contributed by atoms with Gasteiger partial charge in [0.15, 0.2) is 0 Å². The van der Waals surface area contributed by atoms with Gasteiger partial charge in [-0.1, -0.05) is 63.4 Å². The van der Waals surface area contributed by atoms with E-state index in [1.807, 2.05) is 37.3 Å². The number of rotatable bonds is 3. The van der Waals surface area contributed by atoms with E-state index in [2.05, 4.69) is 23.8 Å². The van der Waals surface area contributed by atoms with Gasteiger partial charge >= 0.3 is 0 Å². The van der Waals surface area contributed by atoms with Crippen LogP contribution in [0.4, 0.5) is 0 Å². The van der Waals surface area contributed by atoms with Crippen LogP contribution in [0.3, 0.4) is 0 Å². The van der Waals surface area contributed by atoms with Crippen molar-refractivity contribution in [3.63, 3.8) is 0 Å². The van der Waals surface area contributed by atoms with Crippen molar-refractivity contribution in [2.24, 2.45) is 0 Å². The molecule has 0 saturated heterocycles. The Morgan fingerprint density at radius 1 is 0.889 bits per heavy atom. The number of nitrogens with zero attached hydrogens (tertiary/aromatic N) is 2. The van der Waals surface area contributed by atoms with E-state index in [9.17, 15) is 0 Å². The first-order chi connectivity index (χ1) is 8.79. The minimum absolute atomic E-state index is 0.961. The summed E-state index contributed by atoms with van der Waals surface area (Å²) in [5, 5.41) is 0. The van der Waals surface area contributed by atoms with Crippen molar-refractivity contribution in [1.82, 2.24) is 9.97 Å².